The number of likely N-dealkylation sites (N-methyl/N-ethyl adjacent to an activating group) is 1. The Labute approximate surface area is 104 Å². The Morgan fingerprint density at radius 3 is 2.47 bits per heavy atom. The van der Waals surface area contributed by atoms with Crippen molar-refractivity contribution >= 4 is 6.03 Å². The van der Waals surface area contributed by atoms with E-state index in [9.17, 15) is 9.90 Å². The zero-order valence-corrected chi connectivity index (χ0v) is 11.4. The smallest absolute Gasteiger partial charge is 0.317 e. The number of aliphatic hydroxyl groups is 2. The molecule has 1 unspecified atom stereocenters. The molecule has 5 nitrogen and oxygen atoms in total. The van der Waals surface area contributed by atoms with Crippen LogP contribution in [0.2, 0.25) is 0 Å². The van der Waals surface area contributed by atoms with Gasteiger partial charge in [0.15, 0.2) is 0 Å². The summed E-state index contributed by atoms with van der Waals surface area (Å²) in [6.07, 6.45) is 1.43. The predicted octanol–water partition coefficient (Wildman–Crippen LogP) is 0.950. The van der Waals surface area contributed by atoms with E-state index in [0.29, 0.717) is 19.5 Å². The van der Waals surface area contributed by atoms with Crippen LogP contribution in [0.1, 0.15) is 40.5 Å². The van der Waals surface area contributed by atoms with Crippen molar-refractivity contribution in [1.82, 2.24) is 10.2 Å². The van der Waals surface area contributed by atoms with Gasteiger partial charge in [0.05, 0.1) is 12.1 Å². The second kappa shape index (κ2) is 7.50. The summed E-state index contributed by atoms with van der Waals surface area (Å²) in [6.45, 7) is 8.15. The van der Waals surface area contributed by atoms with Crippen LogP contribution in [0.4, 0.5) is 4.79 Å². The van der Waals surface area contributed by atoms with Gasteiger partial charge < -0.3 is 20.4 Å². The molecule has 2 amide bonds. The molecule has 0 saturated carbocycles. The molecule has 0 aromatic rings. The lowest BCUT2D eigenvalue weighted by Crippen LogP contribution is -2.48. The Bertz CT molecular complexity index is 226. The largest absolute Gasteiger partial charge is 0.396 e. The van der Waals surface area contributed by atoms with E-state index in [2.05, 4.69) is 5.32 Å². The Balaban J connectivity index is 4.16. The molecule has 3 N–H and O–H groups in total. The molecule has 0 heterocycles. The average Bonchev–Trinajstić information content (AvgIpc) is 2.21. The Morgan fingerprint density at radius 1 is 1.47 bits per heavy atom. The number of aliphatic hydroxyl groups excluding tert-OH is 1. The first-order valence-corrected chi connectivity index (χ1v) is 6.18. The SMILES string of the molecule is CCN(CC(C)(C)O)C(=O)NC(C)CCCO. The van der Waals surface area contributed by atoms with Crippen LogP contribution in [0.5, 0.6) is 0 Å². The summed E-state index contributed by atoms with van der Waals surface area (Å²) < 4.78 is 0. The zero-order valence-electron chi connectivity index (χ0n) is 11.4. The third kappa shape index (κ3) is 7.99. The summed E-state index contributed by atoms with van der Waals surface area (Å²) >= 11 is 0. The molecule has 0 radical (unpaired) electrons. The molecule has 0 aromatic heterocycles. The van der Waals surface area contributed by atoms with Gasteiger partial charge in [0.25, 0.3) is 0 Å². The van der Waals surface area contributed by atoms with Gasteiger partial charge in [-0.15, -0.1) is 0 Å². The molecule has 0 aliphatic heterocycles. The van der Waals surface area contributed by atoms with Crippen molar-refractivity contribution in [2.75, 3.05) is 19.7 Å². The molecule has 0 bridgehead atoms. The lowest BCUT2D eigenvalue weighted by atomic mass is 10.1. The topological polar surface area (TPSA) is 72.8 Å². The fraction of sp³-hybridized carbons (Fsp3) is 0.917. The van der Waals surface area contributed by atoms with E-state index in [1.165, 1.54) is 0 Å². The van der Waals surface area contributed by atoms with E-state index in [0.717, 1.165) is 6.42 Å². The van der Waals surface area contributed by atoms with Crippen molar-refractivity contribution < 1.29 is 15.0 Å². The minimum Gasteiger partial charge on any atom is -0.396 e. The van der Waals surface area contributed by atoms with Gasteiger partial charge in [-0.2, -0.15) is 0 Å². The minimum absolute atomic E-state index is 0.0329. The summed E-state index contributed by atoms with van der Waals surface area (Å²) in [6, 6.07) is -0.134. The molecule has 0 spiro atoms. The van der Waals surface area contributed by atoms with Crippen molar-refractivity contribution in [2.45, 2.75) is 52.2 Å². The zero-order chi connectivity index (χ0) is 13.5. The Kier molecular flexibility index (Phi) is 7.15. The number of amides is 2. The highest BCUT2D eigenvalue weighted by atomic mass is 16.3. The van der Waals surface area contributed by atoms with E-state index in [4.69, 9.17) is 5.11 Å². The van der Waals surface area contributed by atoms with Crippen LogP contribution in [0.15, 0.2) is 0 Å². The van der Waals surface area contributed by atoms with Crippen molar-refractivity contribution in [3.8, 4) is 0 Å². The van der Waals surface area contributed by atoms with Crippen LogP contribution in [0.25, 0.3) is 0 Å². The number of rotatable bonds is 7. The summed E-state index contributed by atoms with van der Waals surface area (Å²) in [5.74, 6) is 0. The van der Waals surface area contributed by atoms with Gasteiger partial charge in [0.1, 0.15) is 0 Å². The van der Waals surface area contributed by atoms with Crippen LogP contribution in [0.3, 0.4) is 0 Å². The molecule has 1 atom stereocenters. The maximum atomic E-state index is 11.9. The first-order chi connectivity index (χ1) is 7.80. The second-order valence-corrected chi connectivity index (χ2v) is 5.04. The third-order valence-corrected chi connectivity index (χ3v) is 2.41. The highest BCUT2D eigenvalue weighted by Gasteiger charge is 2.21. The van der Waals surface area contributed by atoms with Gasteiger partial charge in [-0.1, -0.05) is 0 Å². The van der Waals surface area contributed by atoms with E-state index in [1.54, 1.807) is 18.7 Å². The molecule has 0 rings (SSSR count). The number of urea groups is 1. The first-order valence-electron chi connectivity index (χ1n) is 6.18. The fourth-order valence-electron chi connectivity index (χ4n) is 1.57. The van der Waals surface area contributed by atoms with Crippen LogP contribution in [-0.4, -0.2) is 52.5 Å². The van der Waals surface area contributed by atoms with Gasteiger partial charge in [0.2, 0.25) is 0 Å². The number of carbonyl (C=O) groups is 1. The van der Waals surface area contributed by atoms with Crippen LogP contribution in [-0.2, 0) is 0 Å². The number of nitrogens with zero attached hydrogens (tertiary/aromatic N) is 1. The Morgan fingerprint density at radius 2 is 2.06 bits per heavy atom. The Hall–Kier alpha value is -0.810. The van der Waals surface area contributed by atoms with Crippen molar-refractivity contribution in [1.29, 1.82) is 0 Å². The molecule has 102 valence electrons. The van der Waals surface area contributed by atoms with Gasteiger partial charge in [-0.3, -0.25) is 0 Å². The van der Waals surface area contributed by atoms with E-state index in [1.807, 2.05) is 13.8 Å². The summed E-state index contributed by atoms with van der Waals surface area (Å²) in [7, 11) is 0. The minimum atomic E-state index is -0.887. The van der Waals surface area contributed by atoms with Gasteiger partial charge in [0, 0.05) is 19.2 Å². The van der Waals surface area contributed by atoms with E-state index >= 15 is 0 Å². The van der Waals surface area contributed by atoms with Crippen molar-refractivity contribution in [3.63, 3.8) is 0 Å². The predicted molar refractivity (Wildman–Crippen MR) is 67.9 cm³/mol. The summed E-state index contributed by atoms with van der Waals surface area (Å²) in [5.41, 5.74) is -0.887. The standard InChI is InChI=1S/C12H26N2O3/c1-5-14(9-12(3,4)17)11(16)13-10(2)7-6-8-15/h10,15,17H,5-9H2,1-4H3,(H,13,16). The van der Waals surface area contributed by atoms with Crippen molar-refractivity contribution in [2.24, 2.45) is 0 Å². The first kappa shape index (κ1) is 16.2. The van der Waals surface area contributed by atoms with Gasteiger partial charge in [-0.25, -0.2) is 4.79 Å². The molecule has 0 fully saturated rings. The fourth-order valence-corrected chi connectivity index (χ4v) is 1.57. The quantitative estimate of drug-likeness (QED) is 0.626. The van der Waals surface area contributed by atoms with Crippen molar-refractivity contribution in [3.05, 3.63) is 0 Å². The monoisotopic (exact) mass is 246 g/mol. The summed E-state index contributed by atoms with van der Waals surface area (Å²) in [4.78, 5) is 13.4. The number of nitrogens with one attached hydrogen (secondary N) is 1. The maximum Gasteiger partial charge on any atom is 0.317 e. The molecule has 0 aliphatic rings. The van der Waals surface area contributed by atoms with E-state index < -0.39 is 5.60 Å². The molecule has 0 saturated heterocycles. The highest BCUT2D eigenvalue weighted by molar-refractivity contribution is 5.74. The lowest BCUT2D eigenvalue weighted by molar-refractivity contribution is 0.0476. The molecule has 5 heteroatoms. The molecule has 0 aromatic carbocycles. The molecular weight excluding hydrogens is 220 g/mol. The van der Waals surface area contributed by atoms with Gasteiger partial charge in [-0.05, 0) is 40.5 Å². The normalized spacial score (nSPS) is 13.3. The number of carbonyl (C=O) groups excluding carboxylic acids is 1. The summed E-state index contributed by atoms with van der Waals surface area (Å²) in [5, 5.41) is 21.2. The van der Waals surface area contributed by atoms with E-state index in [-0.39, 0.29) is 18.7 Å². The molecule has 0 aliphatic carbocycles. The highest BCUT2D eigenvalue weighted by Crippen LogP contribution is 2.05. The number of hydrogen-bond donors (Lipinski definition) is 3. The lowest BCUT2D eigenvalue weighted by Gasteiger charge is -2.29. The second-order valence-electron chi connectivity index (χ2n) is 5.04. The molecular formula is C12H26N2O3. The molecule has 17 heavy (non-hydrogen) atoms. The van der Waals surface area contributed by atoms with Crippen LogP contribution < -0.4 is 5.32 Å². The average molecular weight is 246 g/mol. The van der Waals surface area contributed by atoms with Crippen LogP contribution in [0, 0.1) is 0 Å². The number of hydrogen-bond acceptors (Lipinski definition) is 3. The van der Waals surface area contributed by atoms with Gasteiger partial charge >= 0.3 is 6.03 Å². The van der Waals surface area contributed by atoms with Crippen LogP contribution >= 0.6 is 0 Å². The third-order valence-electron chi connectivity index (χ3n) is 2.41. The maximum absolute atomic E-state index is 11.9.